The zero-order valence-electron chi connectivity index (χ0n) is 17.5. The molecule has 2 aromatic carbocycles. The number of ether oxygens (including phenoxy) is 1. The lowest BCUT2D eigenvalue weighted by atomic mass is 10.1. The first-order valence-electron chi connectivity index (χ1n) is 10.6. The highest BCUT2D eigenvalue weighted by molar-refractivity contribution is 8.00. The van der Waals surface area contributed by atoms with Gasteiger partial charge in [-0.05, 0) is 53.6 Å². The second-order valence-corrected chi connectivity index (χ2v) is 10.9. The molecule has 0 saturated carbocycles. The highest BCUT2D eigenvalue weighted by atomic mass is 32.2. The summed E-state index contributed by atoms with van der Waals surface area (Å²) in [5.74, 6) is 0.215. The molecule has 0 atom stereocenters. The van der Waals surface area contributed by atoms with E-state index in [0.29, 0.717) is 38.6 Å². The Morgan fingerprint density at radius 3 is 2.58 bits per heavy atom. The van der Waals surface area contributed by atoms with Crippen molar-refractivity contribution in [1.82, 2.24) is 9.62 Å². The van der Waals surface area contributed by atoms with Gasteiger partial charge in [0.25, 0.3) is 0 Å². The maximum Gasteiger partial charge on any atom is 0.230 e. The standard InChI is InChI=1S/C23H28N2O4S2/c26-23(16-30-22-9-8-18-6-3-7-19(18)14-22)24-15-20-4-1-2-5-21(20)17-31(27,28)25-10-12-29-13-11-25/h1-2,4-5,8-9,14H,3,6-7,10-13,15-17H2,(H,24,26). The molecule has 6 nitrogen and oxygen atoms in total. The number of aryl methyl sites for hydroxylation is 2. The lowest BCUT2D eigenvalue weighted by Crippen LogP contribution is -2.41. The van der Waals surface area contributed by atoms with Gasteiger partial charge in [-0.15, -0.1) is 11.8 Å². The first-order chi connectivity index (χ1) is 15.0. The third-order valence-corrected chi connectivity index (χ3v) is 8.56. The van der Waals surface area contributed by atoms with Gasteiger partial charge in [0, 0.05) is 24.5 Å². The van der Waals surface area contributed by atoms with Crippen LogP contribution in [0.3, 0.4) is 0 Å². The van der Waals surface area contributed by atoms with E-state index in [1.54, 1.807) is 0 Å². The van der Waals surface area contributed by atoms with Crippen molar-refractivity contribution in [3.8, 4) is 0 Å². The molecule has 8 heteroatoms. The van der Waals surface area contributed by atoms with Crippen LogP contribution in [0.4, 0.5) is 0 Å². The van der Waals surface area contributed by atoms with Gasteiger partial charge in [-0.2, -0.15) is 4.31 Å². The maximum absolute atomic E-state index is 12.8. The minimum atomic E-state index is -3.41. The van der Waals surface area contributed by atoms with Crippen molar-refractivity contribution in [3.05, 3.63) is 64.7 Å². The zero-order chi connectivity index (χ0) is 21.7. The van der Waals surface area contributed by atoms with E-state index in [0.717, 1.165) is 28.9 Å². The van der Waals surface area contributed by atoms with Crippen molar-refractivity contribution in [2.75, 3.05) is 32.1 Å². The summed E-state index contributed by atoms with van der Waals surface area (Å²) in [4.78, 5) is 13.5. The second kappa shape index (κ2) is 10.2. The average molecular weight is 461 g/mol. The van der Waals surface area contributed by atoms with Crippen molar-refractivity contribution < 1.29 is 17.9 Å². The molecule has 1 heterocycles. The molecule has 2 aromatic rings. The van der Waals surface area contributed by atoms with Crippen molar-refractivity contribution in [1.29, 1.82) is 0 Å². The van der Waals surface area contributed by atoms with E-state index in [9.17, 15) is 13.2 Å². The van der Waals surface area contributed by atoms with Crippen LogP contribution in [0, 0.1) is 0 Å². The predicted molar refractivity (Wildman–Crippen MR) is 122 cm³/mol. The number of morpholine rings is 1. The Hall–Kier alpha value is -1.87. The Balaban J connectivity index is 1.31. The van der Waals surface area contributed by atoms with Crippen LogP contribution in [0.15, 0.2) is 47.4 Å². The van der Waals surface area contributed by atoms with E-state index in [4.69, 9.17) is 4.74 Å². The molecule has 1 amide bonds. The third-order valence-electron chi connectivity index (χ3n) is 5.74. The zero-order valence-corrected chi connectivity index (χ0v) is 19.1. The molecule has 166 valence electrons. The van der Waals surface area contributed by atoms with Gasteiger partial charge in [0.1, 0.15) is 0 Å². The monoisotopic (exact) mass is 460 g/mol. The summed E-state index contributed by atoms with van der Waals surface area (Å²) in [5.41, 5.74) is 4.38. The van der Waals surface area contributed by atoms with Crippen molar-refractivity contribution >= 4 is 27.7 Å². The summed E-state index contributed by atoms with van der Waals surface area (Å²) in [5, 5.41) is 2.94. The van der Waals surface area contributed by atoms with Gasteiger partial charge in [0.05, 0.1) is 24.7 Å². The van der Waals surface area contributed by atoms with Crippen LogP contribution in [0.2, 0.25) is 0 Å². The maximum atomic E-state index is 12.8. The summed E-state index contributed by atoms with van der Waals surface area (Å²) in [7, 11) is -3.41. The van der Waals surface area contributed by atoms with Gasteiger partial charge in [-0.3, -0.25) is 4.79 Å². The molecule has 2 aliphatic rings. The number of amides is 1. The van der Waals surface area contributed by atoms with Crippen molar-refractivity contribution in [3.63, 3.8) is 0 Å². The van der Waals surface area contributed by atoms with Gasteiger partial charge in [-0.25, -0.2) is 8.42 Å². The fraction of sp³-hybridized carbons (Fsp3) is 0.435. The summed E-state index contributed by atoms with van der Waals surface area (Å²) < 4.78 is 32.3. The molecule has 0 radical (unpaired) electrons. The largest absolute Gasteiger partial charge is 0.379 e. The fourth-order valence-electron chi connectivity index (χ4n) is 4.02. The lowest BCUT2D eigenvalue weighted by molar-refractivity contribution is -0.118. The van der Waals surface area contributed by atoms with Crippen LogP contribution in [0.1, 0.15) is 28.7 Å². The Labute approximate surface area is 188 Å². The number of hydrogen-bond donors (Lipinski definition) is 1. The van der Waals surface area contributed by atoms with E-state index in [1.165, 1.54) is 33.6 Å². The number of fused-ring (bicyclic) bond motifs is 1. The number of rotatable bonds is 8. The normalized spacial score (nSPS) is 16.8. The number of nitrogens with zero attached hydrogens (tertiary/aromatic N) is 1. The number of carbonyl (C=O) groups is 1. The van der Waals surface area contributed by atoms with Gasteiger partial charge >= 0.3 is 0 Å². The van der Waals surface area contributed by atoms with E-state index >= 15 is 0 Å². The van der Waals surface area contributed by atoms with Gasteiger partial charge < -0.3 is 10.1 Å². The quantitative estimate of drug-likeness (QED) is 0.613. The molecule has 0 aromatic heterocycles. The molecule has 1 fully saturated rings. The van der Waals surface area contributed by atoms with Gasteiger partial charge in [0.2, 0.25) is 15.9 Å². The number of nitrogens with one attached hydrogen (secondary N) is 1. The van der Waals surface area contributed by atoms with Crippen LogP contribution < -0.4 is 5.32 Å². The Kier molecular flexibility index (Phi) is 7.32. The number of hydrogen-bond acceptors (Lipinski definition) is 5. The summed E-state index contributed by atoms with van der Waals surface area (Å²) >= 11 is 1.54. The summed E-state index contributed by atoms with van der Waals surface area (Å²) in [6, 6.07) is 13.9. The van der Waals surface area contributed by atoms with Crippen LogP contribution >= 0.6 is 11.8 Å². The molecule has 0 spiro atoms. The lowest BCUT2D eigenvalue weighted by Gasteiger charge is -2.26. The van der Waals surface area contributed by atoms with E-state index in [2.05, 4.69) is 23.5 Å². The van der Waals surface area contributed by atoms with Crippen LogP contribution in [0.25, 0.3) is 0 Å². The molecule has 1 aliphatic carbocycles. The molecule has 31 heavy (non-hydrogen) atoms. The third kappa shape index (κ3) is 5.88. The first kappa shape index (κ1) is 22.3. The van der Waals surface area contributed by atoms with Crippen LogP contribution in [-0.4, -0.2) is 50.7 Å². The fourth-order valence-corrected chi connectivity index (χ4v) is 6.37. The molecular formula is C23H28N2O4S2. The highest BCUT2D eigenvalue weighted by Gasteiger charge is 2.25. The van der Waals surface area contributed by atoms with E-state index < -0.39 is 10.0 Å². The molecule has 0 unspecified atom stereocenters. The van der Waals surface area contributed by atoms with Crippen LogP contribution in [0.5, 0.6) is 0 Å². The van der Waals surface area contributed by atoms with E-state index in [1.807, 2.05) is 24.3 Å². The minimum Gasteiger partial charge on any atom is -0.379 e. The topological polar surface area (TPSA) is 75.7 Å². The Morgan fingerprint density at radius 2 is 1.77 bits per heavy atom. The van der Waals surface area contributed by atoms with Crippen molar-refractivity contribution in [2.24, 2.45) is 0 Å². The van der Waals surface area contributed by atoms with Gasteiger partial charge in [0.15, 0.2) is 0 Å². The first-order valence-corrected chi connectivity index (χ1v) is 13.2. The minimum absolute atomic E-state index is 0.0589. The second-order valence-electron chi connectivity index (χ2n) is 7.89. The number of sulfonamides is 1. The molecule has 4 rings (SSSR count). The Morgan fingerprint density at radius 1 is 1.03 bits per heavy atom. The van der Waals surface area contributed by atoms with Crippen molar-refractivity contribution in [2.45, 2.75) is 36.5 Å². The molecular weight excluding hydrogens is 432 g/mol. The molecule has 1 N–H and O–H groups in total. The SMILES string of the molecule is O=C(CSc1ccc2c(c1)CCC2)NCc1ccccc1CS(=O)(=O)N1CCOCC1. The number of carbonyl (C=O) groups excluding carboxylic acids is 1. The smallest absolute Gasteiger partial charge is 0.230 e. The van der Waals surface area contributed by atoms with Gasteiger partial charge in [-0.1, -0.05) is 30.3 Å². The average Bonchev–Trinajstić information content (AvgIpc) is 3.25. The molecule has 1 aliphatic heterocycles. The molecule has 0 bridgehead atoms. The number of benzene rings is 2. The van der Waals surface area contributed by atoms with Crippen LogP contribution in [-0.2, 0) is 44.7 Å². The predicted octanol–water partition coefficient (Wildman–Crippen LogP) is 2.75. The Bertz CT molecular complexity index is 1030. The summed E-state index contributed by atoms with van der Waals surface area (Å²) in [6.07, 6.45) is 3.49. The summed E-state index contributed by atoms with van der Waals surface area (Å²) in [6.45, 7) is 1.96. The molecule has 1 saturated heterocycles. The highest BCUT2D eigenvalue weighted by Crippen LogP contribution is 2.27. The number of thioether (sulfide) groups is 1. The van der Waals surface area contributed by atoms with E-state index in [-0.39, 0.29) is 11.7 Å².